The fourth-order valence-electron chi connectivity index (χ4n) is 1.50. The van der Waals surface area contributed by atoms with Crippen LogP contribution in [0.25, 0.3) is 0 Å². The maximum atomic E-state index is 10.6. The minimum Gasteiger partial charge on any atom is -0.487 e. The van der Waals surface area contributed by atoms with E-state index in [-0.39, 0.29) is 0 Å². The van der Waals surface area contributed by atoms with Gasteiger partial charge in [-0.2, -0.15) is 0 Å². The van der Waals surface area contributed by atoms with E-state index in [4.69, 9.17) is 39.5 Å². The summed E-state index contributed by atoms with van der Waals surface area (Å²) in [5.41, 5.74) is 1.39. The Bertz CT molecular complexity index is 612. The van der Waals surface area contributed by atoms with Crippen molar-refractivity contribution >= 4 is 41.1 Å². The van der Waals surface area contributed by atoms with Crippen molar-refractivity contribution in [2.45, 2.75) is 6.61 Å². The summed E-state index contributed by atoms with van der Waals surface area (Å²) in [5, 5.41) is 1.37. The van der Waals surface area contributed by atoms with Gasteiger partial charge in [-0.1, -0.05) is 40.9 Å². The fraction of sp³-hybridized carbons (Fsp3) is 0.0714. The first-order chi connectivity index (χ1) is 9.10. The quantitative estimate of drug-likeness (QED) is 0.739. The van der Waals surface area contributed by atoms with Crippen molar-refractivity contribution in [3.63, 3.8) is 0 Å². The molecule has 5 heteroatoms. The molecule has 0 aliphatic rings. The zero-order valence-electron chi connectivity index (χ0n) is 9.70. The highest BCUT2D eigenvalue weighted by Crippen LogP contribution is 2.27. The summed E-state index contributed by atoms with van der Waals surface area (Å²) in [4.78, 5) is 10.6. The maximum absolute atomic E-state index is 10.6. The Labute approximate surface area is 125 Å². The Hall–Kier alpha value is -1.22. The van der Waals surface area contributed by atoms with Crippen molar-refractivity contribution < 1.29 is 9.53 Å². The zero-order chi connectivity index (χ0) is 13.8. The number of aldehydes is 1. The van der Waals surface area contributed by atoms with E-state index in [1.165, 1.54) is 0 Å². The highest BCUT2D eigenvalue weighted by Gasteiger charge is 2.05. The fourth-order valence-corrected chi connectivity index (χ4v) is 2.06. The smallest absolute Gasteiger partial charge is 0.150 e. The molecule has 2 nitrogen and oxygen atoms in total. The lowest BCUT2D eigenvalue weighted by Gasteiger charge is -2.09. The normalized spacial score (nSPS) is 10.3. The van der Waals surface area contributed by atoms with Crippen LogP contribution in [0.2, 0.25) is 15.1 Å². The molecule has 0 N–H and O–H groups in total. The highest BCUT2D eigenvalue weighted by atomic mass is 35.5. The second-order valence-corrected chi connectivity index (χ2v) is 5.07. The average molecular weight is 316 g/mol. The largest absolute Gasteiger partial charge is 0.487 e. The monoisotopic (exact) mass is 314 g/mol. The van der Waals surface area contributed by atoms with Crippen LogP contribution in [0.4, 0.5) is 0 Å². The van der Waals surface area contributed by atoms with Gasteiger partial charge in [0.15, 0.2) is 0 Å². The lowest BCUT2D eigenvalue weighted by molar-refractivity contribution is 0.112. The van der Waals surface area contributed by atoms with E-state index in [2.05, 4.69) is 0 Å². The van der Waals surface area contributed by atoms with Gasteiger partial charge >= 0.3 is 0 Å². The predicted octanol–water partition coefficient (Wildman–Crippen LogP) is 5.04. The van der Waals surface area contributed by atoms with E-state index in [9.17, 15) is 4.79 Å². The molecule has 0 heterocycles. The van der Waals surface area contributed by atoms with Crippen LogP contribution in [0.1, 0.15) is 15.9 Å². The molecule has 2 rings (SSSR count). The second kappa shape index (κ2) is 6.29. The van der Waals surface area contributed by atoms with Gasteiger partial charge in [0.25, 0.3) is 0 Å². The van der Waals surface area contributed by atoms with Crippen LogP contribution >= 0.6 is 34.8 Å². The van der Waals surface area contributed by atoms with Crippen molar-refractivity contribution in [3.05, 3.63) is 62.6 Å². The van der Waals surface area contributed by atoms with Crippen molar-refractivity contribution in [3.8, 4) is 5.75 Å². The highest BCUT2D eigenvalue weighted by molar-refractivity contribution is 6.42. The SMILES string of the molecule is O=Cc1ccc(OCc2ccc(Cl)c(Cl)c2)c(Cl)c1. The lowest BCUT2D eigenvalue weighted by atomic mass is 10.2. The van der Waals surface area contributed by atoms with Gasteiger partial charge in [0.2, 0.25) is 0 Å². The molecule has 0 unspecified atom stereocenters. The van der Waals surface area contributed by atoms with Crippen LogP contribution in [0.3, 0.4) is 0 Å². The van der Waals surface area contributed by atoms with Crippen LogP contribution in [0.5, 0.6) is 5.75 Å². The molecule has 0 saturated heterocycles. The van der Waals surface area contributed by atoms with E-state index in [0.717, 1.165) is 11.8 Å². The van der Waals surface area contributed by atoms with Crippen LogP contribution < -0.4 is 4.74 Å². The van der Waals surface area contributed by atoms with Gasteiger partial charge in [-0.05, 0) is 35.9 Å². The molecule has 0 spiro atoms. The molecule has 98 valence electrons. The Morgan fingerprint density at radius 3 is 2.37 bits per heavy atom. The first-order valence-electron chi connectivity index (χ1n) is 5.41. The summed E-state index contributed by atoms with van der Waals surface area (Å²) >= 11 is 17.7. The van der Waals surface area contributed by atoms with E-state index >= 15 is 0 Å². The first-order valence-corrected chi connectivity index (χ1v) is 6.55. The van der Waals surface area contributed by atoms with Crippen molar-refractivity contribution in [2.75, 3.05) is 0 Å². The average Bonchev–Trinajstić information content (AvgIpc) is 2.41. The molecule has 0 amide bonds. The maximum Gasteiger partial charge on any atom is 0.150 e. The Balaban J connectivity index is 2.09. The summed E-state index contributed by atoms with van der Waals surface area (Å²) in [7, 11) is 0. The van der Waals surface area contributed by atoms with Gasteiger partial charge in [0.1, 0.15) is 18.6 Å². The van der Waals surface area contributed by atoms with Crippen molar-refractivity contribution in [2.24, 2.45) is 0 Å². The summed E-state index contributed by atoms with van der Waals surface area (Å²) in [6, 6.07) is 10.1. The minimum absolute atomic E-state index is 0.317. The van der Waals surface area contributed by atoms with Gasteiger partial charge < -0.3 is 4.74 Å². The van der Waals surface area contributed by atoms with Gasteiger partial charge in [-0.25, -0.2) is 0 Å². The molecule has 0 aliphatic carbocycles. The zero-order valence-corrected chi connectivity index (χ0v) is 12.0. The number of hydrogen-bond donors (Lipinski definition) is 0. The molecule has 0 aliphatic heterocycles. The molecule has 0 aromatic heterocycles. The number of carbonyl (C=O) groups is 1. The third-order valence-corrected chi connectivity index (χ3v) is 3.50. The lowest BCUT2D eigenvalue weighted by Crippen LogP contribution is -1.96. The Morgan fingerprint density at radius 1 is 0.947 bits per heavy atom. The van der Waals surface area contributed by atoms with Gasteiger partial charge in [0.05, 0.1) is 15.1 Å². The number of ether oxygens (including phenoxy) is 1. The van der Waals surface area contributed by atoms with Gasteiger partial charge in [0, 0.05) is 5.56 Å². The summed E-state index contributed by atoms with van der Waals surface area (Å²) in [6.45, 7) is 0.317. The molecule has 0 saturated carbocycles. The molecule has 0 atom stereocenters. The summed E-state index contributed by atoms with van der Waals surface area (Å²) in [6.07, 6.45) is 0.731. The Kier molecular flexibility index (Phi) is 4.70. The number of hydrogen-bond acceptors (Lipinski definition) is 2. The molecule has 2 aromatic rings. The first kappa shape index (κ1) is 14.2. The second-order valence-electron chi connectivity index (χ2n) is 3.84. The molecule has 2 aromatic carbocycles. The third-order valence-electron chi connectivity index (χ3n) is 2.47. The van der Waals surface area contributed by atoms with Crippen molar-refractivity contribution in [1.82, 2.24) is 0 Å². The third kappa shape index (κ3) is 3.63. The predicted molar refractivity (Wildman–Crippen MR) is 77.6 cm³/mol. The Morgan fingerprint density at radius 2 is 1.74 bits per heavy atom. The number of rotatable bonds is 4. The van der Waals surface area contributed by atoms with Crippen molar-refractivity contribution in [1.29, 1.82) is 0 Å². The van der Waals surface area contributed by atoms with Crippen LogP contribution in [-0.2, 0) is 6.61 Å². The molecular formula is C14H9Cl3O2. The van der Waals surface area contributed by atoms with Crippen LogP contribution in [-0.4, -0.2) is 6.29 Å². The van der Waals surface area contributed by atoms with Gasteiger partial charge in [-0.15, -0.1) is 0 Å². The number of carbonyl (C=O) groups excluding carboxylic acids is 1. The number of halogens is 3. The van der Waals surface area contributed by atoms with E-state index in [1.807, 2.05) is 6.07 Å². The molecule has 19 heavy (non-hydrogen) atoms. The van der Waals surface area contributed by atoms with Crippen LogP contribution in [0, 0.1) is 0 Å². The van der Waals surface area contributed by atoms with E-state index in [1.54, 1.807) is 30.3 Å². The minimum atomic E-state index is 0.317. The summed E-state index contributed by atoms with van der Waals surface area (Å²) < 4.78 is 5.57. The van der Waals surface area contributed by atoms with Crippen LogP contribution in [0.15, 0.2) is 36.4 Å². The topological polar surface area (TPSA) is 26.3 Å². The standard InChI is InChI=1S/C14H9Cl3O2/c15-11-3-1-10(6-12(11)16)8-19-14-4-2-9(7-18)5-13(14)17/h1-7H,8H2. The molecule has 0 bridgehead atoms. The number of benzene rings is 2. The molecule has 0 fully saturated rings. The molecular weight excluding hydrogens is 307 g/mol. The molecule has 0 radical (unpaired) electrons. The summed E-state index contributed by atoms with van der Waals surface area (Å²) in [5.74, 6) is 0.512. The van der Waals surface area contributed by atoms with E-state index < -0.39 is 0 Å². The van der Waals surface area contributed by atoms with E-state index in [0.29, 0.717) is 33.0 Å². The van der Waals surface area contributed by atoms with Gasteiger partial charge in [-0.3, -0.25) is 4.79 Å².